The third-order valence-corrected chi connectivity index (χ3v) is 2.60. The van der Waals surface area contributed by atoms with E-state index in [9.17, 15) is 4.79 Å². The molecule has 0 heterocycles. The second kappa shape index (κ2) is 5.69. The lowest BCUT2D eigenvalue weighted by Gasteiger charge is -2.06. The van der Waals surface area contributed by atoms with Gasteiger partial charge in [-0.15, -0.1) is 0 Å². The third-order valence-electron chi connectivity index (χ3n) is 2.60. The van der Waals surface area contributed by atoms with E-state index in [1.807, 2.05) is 6.07 Å². The number of nitriles is 1. The van der Waals surface area contributed by atoms with Gasteiger partial charge in [-0.1, -0.05) is 6.07 Å². The fourth-order valence-electron chi connectivity index (χ4n) is 1.61. The Bertz CT molecular complexity index is 627. The van der Waals surface area contributed by atoms with Gasteiger partial charge < -0.3 is 10.1 Å². The van der Waals surface area contributed by atoms with Crippen LogP contribution in [0.15, 0.2) is 48.5 Å². The van der Waals surface area contributed by atoms with Gasteiger partial charge in [0.2, 0.25) is 0 Å². The molecule has 0 aliphatic rings. The summed E-state index contributed by atoms with van der Waals surface area (Å²) in [5, 5.41) is 11.6. The Morgan fingerprint density at radius 2 is 1.95 bits per heavy atom. The van der Waals surface area contributed by atoms with E-state index in [1.165, 1.54) is 0 Å². The van der Waals surface area contributed by atoms with Gasteiger partial charge in [0.1, 0.15) is 5.75 Å². The summed E-state index contributed by atoms with van der Waals surface area (Å²) in [6.07, 6.45) is 0. The number of ether oxygens (including phenoxy) is 1. The molecule has 0 aliphatic carbocycles. The van der Waals surface area contributed by atoms with Crippen LogP contribution in [0.3, 0.4) is 0 Å². The maximum atomic E-state index is 12.0. The monoisotopic (exact) mass is 252 g/mol. The van der Waals surface area contributed by atoms with Crippen LogP contribution in [0.25, 0.3) is 0 Å². The predicted octanol–water partition coefficient (Wildman–Crippen LogP) is 2.82. The third kappa shape index (κ3) is 3.11. The Morgan fingerprint density at radius 3 is 2.58 bits per heavy atom. The molecule has 1 N–H and O–H groups in total. The van der Waals surface area contributed by atoms with E-state index in [-0.39, 0.29) is 5.91 Å². The lowest BCUT2D eigenvalue weighted by atomic mass is 10.1. The number of benzene rings is 2. The van der Waals surface area contributed by atoms with Gasteiger partial charge >= 0.3 is 0 Å². The first kappa shape index (κ1) is 12.7. The van der Waals surface area contributed by atoms with Crippen LogP contribution in [0.2, 0.25) is 0 Å². The number of hydrogen-bond donors (Lipinski definition) is 1. The molecule has 2 aromatic rings. The summed E-state index contributed by atoms with van der Waals surface area (Å²) in [6.45, 7) is 0. The molecule has 0 aromatic heterocycles. The van der Waals surface area contributed by atoms with E-state index in [1.54, 1.807) is 55.6 Å². The second-order valence-corrected chi connectivity index (χ2v) is 3.88. The summed E-state index contributed by atoms with van der Waals surface area (Å²) in [4.78, 5) is 12.0. The minimum absolute atomic E-state index is 0.248. The van der Waals surface area contributed by atoms with E-state index < -0.39 is 0 Å². The highest BCUT2D eigenvalue weighted by atomic mass is 16.5. The van der Waals surface area contributed by atoms with Gasteiger partial charge in [-0.3, -0.25) is 4.79 Å². The quantitative estimate of drug-likeness (QED) is 0.913. The van der Waals surface area contributed by atoms with E-state index in [4.69, 9.17) is 10.00 Å². The van der Waals surface area contributed by atoms with Gasteiger partial charge in [0.25, 0.3) is 5.91 Å². The number of carbonyl (C=O) groups excluding carboxylic acids is 1. The Balaban J connectivity index is 2.13. The zero-order valence-corrected chi connectivity index (χ0v) is 10.4. The maximum absolute atomic E-state index is 12.0. The van der Waals surface area contributed by atoms with Gasteiger partial charge in [-0.25, -0.2) is 0 Å². The van der Waals surface area contributed by atoms with Crippen LogP contribution in [0.1, 0.15) is 15.9 Å². The topological polar surface area (TPSA) is 62.1 Å². The van der Waals surface area contributed by atoms with Crippen molar-refractivity contribution in [3.63, 3.8) is 0 Å². The Hall–Kier alpha value is -2.80. The molecular weight excluding hydrogens is 240 g/mol. The molecule has 4 heteroatoms. The average molecular weight is 252 g/mol. The smallest absolute Gasteiger partial charge is 0.255 e. The number of hydrogen-bond acceptors (Lipinski definition) is 3. The first-order valence-corrected chi connectivity index (χ1v) is 5.68. The molecule has 1 amide bonds. The molecule has 0 saturated heterocycles. The minimum Gasteiger partial charge on any atom is -0.497 e. The Morgan fingerprint density at radius 1 is 1.21 bits per heavy atom. The van der Waals surface area contributed by atoms with Crippen molar-refractivity contribution in [1.29, 1.82) is 5.26 Å². The molecule has 2 rings (SSSR count). The molecule has 0 spiro atoms. The van der Waals surface area contributed by atoms with Gasteiger partial charge in [0.05, 0.1) is 18.7 Å². The molecule has 4 nitrogen and oxygen atoms in total. The molecule has 0 unspecified atom stereocenters. The lowest BCUT2D eigenvalue weighted by Crippen LogP contribution is -2.11. The number of nitrogens with zero attached hydrogens (tertiary/aromatic N) is 1. The van der Waals surface area contributed by atoms with Crippen LogP contribution in [0.4, 0.5) is 5.69 Å². The van der Waals surface area contributed by atoms with Crippen LogP contribution < -0.4 is 10.1 Å². The van der Waals surface area contributed by atoms with Crippen molar-refractivity contribution in [3.05, 3.63) is 59.7 Å². The van der Waals surface area contributed by atoms with Crippen LogP contribution in [0, 0.1) is 11.3 Å². The number of carbonyl (C=O) groups is 1. The second-order valence-electron chi connectivity index (χ2n) is 3.88. The summed E-state index contributed by atoms with van der Waals surface area (Å²) in [6, 6.07) is 15.6. The maximum Gasteiger partial charge on any atom is 0.255 e. The van der Waals surface area contributed by atoms with E-state index in [0.29, 0.717) is 16.8 Å². The standard InChI is InChI=1S/C15H12N2O2/c1-19-14-7-5-13(6-8-14)17-15(18)12-4-2-3-11(9-12)10-16/h2-9H,1H3,(H,17,18). The highest BCUT2D eigenvalue weighted by molar-refractivity contribution is 6.04. The van der Waals surface area contributed by atoms with Crippen molar-refractivity contribution in [2.24, 2.45) is 0 Å². The highest BCUT2D eigenvalue weighted by Gasteiger charge is 2.06. The van der Waals surface area contributed by atoms with Crippen molar-refractivity contribution in [2.75, 3.05) is 12.4 Å². The summed E-state index contributed by atoms with van der Waals surface area (Å²) in [7, 11) is 1.58. The predicted molar refractivity (Wildman–Crippen MR) is 72.1 cm³/mol. The minimum atomic E-state index is -0.248. The van der Waals surface area contributed by atoms with Crippen LogP contribution in [-0.2, 0) is 0 Å². The molecule has 0 saturated carbocycles. The van der Waals surface area contributed by atoms with Crippen LogP contribution >= 0.6 is 0 Å². The molecule has 2 aromatic carbocycles. The zero-order chi connectivity index (χ0) is 13.7. The highest BCUT2D eigenvalue weighted by Crippen LogP contribution is 2.16. The summed E-state index contributed by atoms with van der Waals surface area (Å²) < 4.78 is 5.04. The first-order chi connectivity index (χ1) is 9.22. The van der Waals surface area contributed by atoms with Gasteiger partial charge in [-0.05, 0) is 42.5 Å². The number of amides is 1. The lowest BCUT2D eigenvalue weighted by molar-refractivity contribution is 0.102. The van der Waals surface area contributed by atoms with Crippen molar-refractivity contribution >= 4 is 11.6 Å². The molecule has 0 bridgehead atoms. The summed E-state index contributed by atoms with van der Waals surface area (Å²) in [5.74, 6) is 0.478. The first-order valence-electron chi connectivity index (χ1n) is 5.68. The van der Waals surface area contributed by atoms with E-state index in [2.05, 4.69) is 5.32 Å². The van der Waals surface area contributed by atoms with E-state index in [0.717, 1.165) is 5.75 Å². The van der Waals surface area contributed by atoms with Crippen LogP contribution in [0.5, 0.6) is 5.75 Å². The van der Waals surface area contributed by atoms with E-state index >= 15 is 0 Å². The summed E-state index contributed by atoms with van der Waals surface area (Å²) >= 11 is 0. The normalized spacial score (nSPS) is 9.47. The Kier molecular flexibility index (Phi) is 3.79. The number of nitrogens with one attached hydrogen (secondary N) is 1. The molecule has 19 heavy (non-hydrogen) atoms. The van der Waals surface area contributed by atoms with Crippen molar-refractivity contribution in [2.45, 2.75) is 0 Å². The number of rotatable bonds is 3. The molecular formula is C15H12N2O2. The van der Waals surface area contributed by atoms with Crippen LogP contribution in [-0.4, -0.2) is 13.0 Å². The zero-order valence-electron chi connectivity index (χ0n) is 10.4. The number of methoxy groups -OCH3 is 1. The molecule has 0 radical (unpaired) electrons. The SMILES string of the molecule is COc1ccc(NC(=O)c2cccc(C#N)c2)cc1. The van der Waals surface area contributed by atoms with Crippen molar-refractivity contribution in [3.8, 4) is 11.8 Å². The van der Waals surface area contributed by atoms with Gasteiger partial charge in [0.15, 0.2) is 0 Å². The van der Waals surface area contributed by atoms with Gasteiger partial charge in [0, 0.05) is 11.3 Å². The molecule has 94 valence electrons. The average Bonchev–Trinajstić information content (AvgIpc) is 2.48. The van der Waals surface area contributed by atoms with Crippen molar-refractivity contribution in [1.82, 2.24) is 0 Å². The Labute approximate surface area is 111 Å². The fraction of sp³-hybridized carbons (Fsp3) is 0.0667. The van der Waals surface area contributed by atoms with Gasteiger partial charge in [-0.2, -0.15) is 5.26 Å². The van der Waals surface area contributed by atoms with Crippen molar-refractivity contribution < 1.29 is 9.53 Å². The molecule has 0 aliphatic heterocycles. The molecule has 0 fully saturated rings. The largest absolute Gasteiger partial charge is 0.497 e. The number of anilines is 1. The summed E-state index contributed by atoms with van der Waals surface area (Å²) in [5.41, 5.74) is 1.59. The molecule has 0 atom stereocenters. The fourth-order valence-corrected chi connectivity index (χ4v) is 1.61.